The van der Waals surface area contributed by atoms with Crippen molar-refractivity contribution in [3.05, 3.63) is 41.6 Å². The van der Waals surface area contributed by atoms with Crippen molar-refractivity contribution < 1.29 is 0 Å². The fourth-order valence-electron chi connectivity index (χ4n) is 2.44. The number of pyridine rings is 1. The SMILES string of the molecule is Cc1cc(CNC(C)CN(C)C)c2ccccc2n1. The Balaban J connectivity index is 2.16. The molecular weight excluding hydrogens is 234 g/mol. The fourth-order valence-corrected chi connectivity index (χ4v) is 2.44. The number of nitrogens with one attached hydrogen (secondary N) is 1. The molecule has 0 saturated carbocycles. The van der Waals surface area contributed by atoms with Crippen molar-refractivity contribution in [2.75, 3.05) is 20.6 Å². The van der Waals surface area contributed by atoms with Crippen LogP contribution in [0.5, 0.6) is 0 Å². The van der Waals surface area contributed by atoms with Crippen LogP contribution in [0.1, 0.15) is 18.2 Å². The maximum absolute atomic E-state index is 4.58. The topological polar surface area (TPSA) is 28.2 Å². The summed E-state index contributed by atoms with van der Waals surface area (Å²) in [4.78, 5) is 6.78. The molecular formula is C16H23N3. The van der Waals surface area contributed by atoms with Crippen molar-refractivity contribution in [2.45, 2.75) is 26.4 Å². The van der Waals surface area contributed by atoms with E-state index < -0.39 is 0 Å². The molecule has 1 N–H and O–H groups in total. The average Bonchev–Trinajstić information content (AvgIpc) is 2.35. The second kappa shape index (κ2) is 6.13. The third kappa shape index (κ3) is 3.75. The maximum Gasteiger partial charge on any atom is 0.0708 e. The van der Waals surface area contributed by atoms with Crippen LogP contribution >= 0.6 is 0 Å². The van der Waals surface area contributed by atoms with Gasteiger partial charge in [-0.1, -0.05) is 18.2 Å². The number of aryl methyl sites for hydroxylation is 1. The van der Waals surface area contributed by atoms with E-state index in [0.717, 1.165) is 24.3 Å². The van der Waals surface area contributed by atoms with E-state index in [2.05, 4.69) is 67.4 Å². The monoisotopic (exact) mass is 257 g/mol. The second-order valence-corrected chi connectivity index (χ2v) is 5.48. The minimum Gasteiger partial charge on any atom is -0.309 e. The molecule has 0 bridgehead atoms. The average molecular weight is 257 g/mol. The summed E-state index contributed by atoms with van der Waals surface area (Å²) in [5.74, 6) is 0. The lowest BCUT2D eigenvalue weighted by molar-refractivity contribution is 0.349. The number of hydrogen-bond donors (Lipinski definition) is 1. The molecule has 19 heavy (non-hydrogen) atoms. The molecule has 2 aromatic rings. The van der Waals surface area contributed by atoms with Crippen LogP contribution in [0, 0.1) is 6.92 Å². The van der Waals surface area contributed by atoms with Gasteiger partial charge in [0.1, 0.15) is 0 Å². The Labute approximate surface area is 115 Å². The quantitative estimate of drug-likeness (QED) is 0.892. The molecule has 0 fully saturated rings. The molecule has 102 valence electrons. The summed E-state index contributed by atoms with van der Waals surface area (Å²) in [6.07, 6.45) is 0. The molecule has 0 aliphatic heterocycles. The number of para-hydroxylation sites is 1. The third-order valence-corrected chi connectivity index (χ3v) is 3.21. The van der Waals surface area contributed by atoms with Crippen LogP contribution in [0.2, 0.25) is 0 Å². The molecule has 0 aliphatic rings. The van der Waals surface area contributed by atoms with Crippen molar-refractivity contribution in [1.82, 2.24) is 15.2 Å². The molecule has 3 heteroatoms. The summed E-state index contributed by atoms with van der Waals surface area (Å²) >= 11 is 0. The van der Waals surface area contributed by atoms with Gasteiger partial charge in [-0.2, -0.15) is 0 Å². The summed E-state index contributed by atoms with van der Waals surface area (Å²) in [5, 5.41) is 4.83. The lowest BCUT2D eigenvalue weighted by Gasteiger charge is -2.19. The van der Waals surface area contributed by atoms with Crippen LogP contribution < -0.4 is 5.32 Å². The van der Waals surface area contributed by atoms with Crippen LogP contribution in [-0.4, -0.2) is 36.6 Å². The molecule has 1 unspecified atom stereocenters. The van der Waals surface area contributed by atoms with Gasteiger partial charge in [-0.3, -0.25) is 4.98 Å². The first-order chi connectivity index (χ1) is 9.06. The van der Waals surface area contributed by atoms with Crippen LogP contribution in [0.15, 0.2) is 30.3 Å². The minimum atomic E-state index is 0.474. The number of nitrogens with zero attached hydrogens (tertiary/aromatic N) is 2. The Kier molecular flexibility index (Phi) is 4.51. The molecule has 1 aromatic carbocycles. The van der Waals surface area contributed by atoms with Gasteiger partial charge in [0.2, 0.25) is 0 Å². The van der Waals surface area contributed by atoms with Gasteiger partial charge < -0.3 is 10.2 Å². The van der Waals surface area contributed by atoms with E-state index in [1.54, 1.807) is 0 Å². The lowest BCUT2D eigenvalue weighted by atomic mass is 10.1. The van der Waals surface area contributed by atoms with Crippen LogP contribution in [-0.2, 0) is 6.54 Å². The number of aromatic nitrogens is 1. The lowest BCUT2D eigenvalue weighted by Crippen LogP contribution is -2.35. The Morgan fingerprint density at radius 1 is 1.26 bits per heavy atom. The normalized spacial score (nSPS) is 13.1. The van der Waals surface area contributed by atoms with Crippen molar-refractivity contribution in [3.8, 4) is 0 Å². The Morgan fingerprint density at radius 3 is 2.74 bits per heavy atom. The van der Waals surface area contributed by atoms with Gasteiger partial charge in [-0.05, 0) is 45.6 Å². The molecule has 0 aliphatic carbocycles. The van der Waals surface area contributed by atoms with Crippen molar-refractivity contribution in [1.29, 1.82) is 0 Å². The summed E-state index contributed by atoms with van der Waals surface area (Å²) in [7, 11) is 4.20. The Bertz CT molecular complexity index is 549. The summed E-state index contributed by atoms with van der Waals surface area (Å²) < 4.78 is 0. The van der Waals surface area contributed by atoms with Gasteiger partial charge in [0.05, 0.1) is 5.52 Å². The number of hydrogen-bond acceptors (Lipinski definition) is 3. The molecule has 0 radical (unpaired) electrons. The van der Waals surface area contributed by atoms with Crippen LogP contribution in [0.4, 0.5) is 0 Å². The van der Waals surface area contributed by atoms with E-state index in [0.29, 0.717) is 6.04 Å². The van der Waals surface area contributed by atoms with Crippen molar-refractivity contribution in [3.63, 3.8) is 0 Å². The van der Waals surface area contributed by atoms with Gasteiger partial charge in [0.25, 0.3) is 0 Å². The zero-order valence-electron chi connectivity index (χ0n) is 12.3. The van der Waals surface area contributed by atoms with Gasteiger partial charge in [0, 0.05) is 30.2 Å². The zero-order valence-corrected chi connectivity index (χ0v) is 12.3. The first-order valence-electron chi connectivity index (χ1n) is 6.79. The molecule has 3 nitrogen and oxygen atoms in total. The van der Waals surface area contributed by atoms with Crippen molar-refractivity contribution in [2.24, 2.45) is 0 Å². The summed E-state index contributed by atoms with van der Waals surface area (Å²) in [6, 6.07) is 11.0. The number of fused-ring (bicyclic) bond motifs is 1. The molecule has 2 rings (SSSR count). The Morgan fingerprint density at radius 2 is 2.00 bits per heavy atom. The van der Waals surface area contributed by atoms with E-state index >= 15 is 0 Å². The molecule has 1 atom stereocenters. The smallest absolute Gasteiger partial charge is 0.0708 e. The molecule has 1 heterocycles. The molecule has 0 saturated heterocycles. The maximum atomic E-state index is 4.58. The van der Waals surface area contributed by atoms with Gasteiger partial charge in [0.15, 0.2) is 0 Å². The van der Waals surface area contributed by atoms with Gasteiger partial charge in [-0.25, -0.2) is 0 Å². The third-order valence-electron chi connectivity index (χ3n) is 3.21. The Hall–Kier alpha value is -1.45. The van der Waals surface area contributed by atoms with E-state index in [1.807, 2.05) is 6.07 Å². The second-order valence-electron chi connectivity index (χ2n) is 5.48. The minimum absolute atomic E-state index is 0.474. The van der Waals surface area contributed by atoms with Gasteiger partial charge >= 0.3 is 0 Å². The highest BCUT2D eigenvalue weighted by molar-refractivity contribution is 5.82. The van der Waals surface area contributed by atoms with E-state index in [1.165, 1.54) is 10.9 Å². The van der Waals surface area contributed by atoms with Crippen LogP contribution in [0.25, 0.3) is 10.9 Å². The first kappa shape index (κ1) is 14.0. The molecule has 0 spiro atoms. The number of benzene rings is 1. The number of likely N-dealkylation sites (N-methyl/N-ethyl adjacent to an activating group) is 1. The summed E-state index contributed by atoms with van der Waals surface area (Å²) in [5.41, 5.74) is 3.49. The standard InChI is InChI=1S/C16H23N3/c1-12-9-14(10-17-13(2)11-19(3)4)15-7-5-6-8-16(15)18-12/h5-9,13,17H,10-11H2,1-4H3. The largest absolute Gasteiger partial charge is 0.309 e. The fraction of sp³-hybridized carbons (Fsp3) is 0.438. The predicted octanol–water partition coefficient (Wildman–Crippen LogP) is 2.58. The van der Waals surface area contributed by atoms with Crippen LogP contribution in [0.3, 0.4) is 0 Å². The molecule has 1 aromatic heterocycles. The zero-order chi connectivity index (χ0) is 13.8. The molecule has 0 amide bonds. The van der Waals surface area contributed by atoms with E-state index in [9.17, 15) is 0 Å². The highest BCUT2D eigenvalue weighted by Gasteiger charge is 2.06. The summed E-state index contributed by atoms with van der Waals surface area (Å²) in [6.45, 7) is 6.20. The van der Waals surface area contributed by atoms with Crippen molar-refractivity contribution >= 4 is 10.9 Å². The highest BCUT2D eigenvalue weighted by Crippen LogP contribution is 2.18. The van der Waals surface area contributed by atoms with E-state index in [4.69, 9.17) is 0 Å². The number of rotatable bonds is 5. The van der Waals surface area contributed by atoms with E-state index in [-0.39, 0.29) is 0 Å². The highest BCUT2D eigenvalue weighted by atomic mass is 15.1. The first-order valence-corrected chi connectivity index (χ1v) is 6.79. The predicted molar refractivity (Wildman–Crippen MR) is 81.3 cm³/mol. The van der Waals surface area contributed by atoms with Gasteiger partial charge in [-0.15, -0.1) is 0 Å².